The van der Waals surface area contributed by atoms with E-state index in [-0.39, 0.29) is 22.4 Å². The number of carbonyl (C=O) groups excluding carboxylic acids is 1. The number of anilines is 1. The van der Waals surface area contributed by atoms with Crippen molar-refractivity contribution in [3.63, 3.8) is 0 Å². The van der Waals surface area contributed by atoms with Crippen molar-refractivity contribution in [1.29, 1.82) is 0 Å². The number of methoxy groups -OCH3 is 3. The lowest BCUT2D eigenvalue weighted by Crippen LogP contribution is -2.13. The maximum absolute atomic E-state index is 12.7. The number of ether oxygens (including phenoxy) is 3. The van der Waals surface area contributed by atoms with Crippen molar-refractivity contribution in [2.75, 3.05) is 26.6 Å². The fourth-order valence-electron chi connectivity index (χ4n) is 2.85. The number of hydrogen-bond acceptors (Lipinski definition) is 9. The van der Waals surface area contributed by atoms with E-state index in [4.69, 9.17) is 18.6 Å². The lowest BCUT2D eigenvalue weighted by atomic mass is 10.1. The normalized spacial score (nSPS) is 11.3. The number of nitrogens with zero attached hydrogens (tertiary/aromatic N) is 2. The minimum atomic E-state index is -3.47. The van der Waals surface area contributed by atoms with E-state index in [0.717, 1.165) is 0 Å². The standard InChI is InChI=1S/C21H23N3O7S/c1-12(2)32(26,27)15-8-6-7-13(9-15)20-23-24-21(31-20)22-19(25)14-10-16(28-3)18(30-5)17(11-14)29-4/h6-12H,1-5H3,(H,22,24,25). The van der Waals surface area contributed by atoms with Gasteiger partial charge in [0.05, 0.1) is 31.5 Å². The zero-order chi connectivity index (χ0) is 23.5. The highest BCUT2D eigenvalue weighted by Crippen LogP contribution is 2.38. The average molecular weight is 461 g/mol. The van der Waals surface area contributed by atoms with Gasteiger partial charge in [-0.1, -0.05) is 11.2 Å². The Balaban J connectivity index is 1.86. The van der Waals surface area contributed by atoms with Crippen molar-refractivity contribution in [2.45, 2.75) is 24.0 Å². The highest BCUT2D eigenvalue weighted by molar-refractivity contribution is 7.92. The molecule has 11 heteroatoms. The molecule has 0 aliphatic heterocycles. The largest absolute Gasteiger partial charge is 0.493 e. The molecule has 0 fully saturated rings. The summed E-state index contributed by atoms with van der Waals surface area (Å²) in [5, 5.41) is 9.65. The van der Waals surface area contributed by atoms with E-state index in [2.05, 4.69) is 15.5 Å². The third-order valence-electron chi connectivity index (χ3n) is 4.60. The number of aromatic nitrogens is 2. The summed E-state index contributed by atoms with van der Waals surface area (Å²) in [6.45, 7) is 3.21. The van der Waals surface area contributed by atoms with E-state index in [1.54, 1.807) is 26.0 Å². The molecule has 1 heterocycles. The van der Waals surface area contributed by atoms with Crippen LogP contribution in [0.15, 0.2) is 45.7 Å². The van der Waals surface area contributed by atoms with E-state index in [0.29, 0.717) is 22.8 Å². The fourth-order valence-corrected chi connectivity index (χ4v) is 3.95. The molecule has 0 aliphatic rings. The molecular formula is C21H23N3O7S. The first-order chi connectivity index (χ1) is 15.2. The van der Waals surface area contributed by atoms with Gasteiger partial charge in [-0.2, -0.15) is 0 Å². The minimum absolute atomic E-state index is 0.0611. The SMILES string of the molecule is COc1cc(C(=O)Nc2nnc(-c3cccc(S(=O)(=O)C(C)C)c3)o2)cc(OC)c1OC. The number of carbonyl (C=O) groups is 1. The molecule has 0 unspecified atom stereocenters. The van der Waals surface area contributed by atoms with Crippen LogP contribution in [0.25, 0.3) is 11.5 Å². The number of benzene rings is 2. The fraction of sp³-hybridized carbons (Fsp3) is 0.286. The van der Waals surface area contributed by atoms with Gasteiger partial charge in [0.15, 0.2) is 21.3 Å². The van der Waals surface area contributed by atoms with Crippen molar-refractivity contribution in [3.05, 3.63) is 42.0 Å². The first-order valence-electron chi connectivity index (χ1n) is 9.50. The molecule has 32 heavy (non-hydrogen) atoms. The molecule has 1 aromatic heterocycles. The summed E-state index contributed by atoms with van der Waals surface area (Å²) in [7, 11) is 0.874. The van der Waals surface area contributed by atoms with Crippen molar-refractivity contribution in [3.8, 4) is 28.7 Å². The summed E-state index contributed by atoms with van der Waals surface area (Å²) in [4.78, 5) is 12.8. The van der Waals surface area contributed by atoms with Crippen molar-refractivity contribution >= 4 is 21.8 Å². The number of sulfone groups is 1. The highest BCUT2D eigenvalue weighted by Gasteiger charge is 2.22. The molecule has 0 atom stereocenters. The Morgan fingerprint density at radius 3 is 2.22 bits per heavy atom. The van der Waals surface area contributed by atoms with Crippen LogP contribution in [-0.4, -0.2) is 51.1 Å². The second-order valence-corrected chi connectivity index (χ2v) is 9.41. The predicted molar refractivity (Wildman–Crippen MR) is 116 cm³/mol. The summed E-state index contributed by atoms with van der Waals surface area (Å²) in [5.41, 5.74) is 0.622. The van der Waals surface area contributed by atoms with Gasteiger partial charge in [-0.15, -0.1) is 5.10 Å². The molecule has 1 amide bonds. The Morgan fingerprint density at radius 2 is 1.66 bits per heavy atom. The second-order valence-electron chi connectivity index (χ2n) is 6.90. The van der Waals surface area contributed by atoms with Crippen LogP contribution in [0.5, 0.6) is 17.2 Å². The molecular weight excluding hydrogens is 438 g/mol. The first-order valence-corrected chi connectivity index (χ1v) is 11.0. The third kappa shape index (κ3) is 4.52. The van der Waals surface area contributed by atoms with E-state index in [9.17, 15) is 13.2 Å². The molecule has 0 bridgehead atoms. The van der Waals surface area contributed by atoms with E-state index in [1.807, 2.05) is 0 Å². The van der Waals surface area contributed by atoms with Crippen LogP contribution in [0, 0.1) is 0 Å². The van der Waals surface area contributed by atoms with E-state index >= 15 is 0 Å². The number of amides is 1. The maximum atomic E-state index is 12.7. The number of hydrogen-bond donors (Lipinski definition) is 1. The van der Waals surface area contributed by atoms with Crippen LogP contribution in [0.2, 0.25) is 0 Å². The molecule has 3 rings (SSSR count). The quantitative estimate of drug-likeness (QED) is 0.537. The van der Waals surface area contributed by atoms with Gasteiger partial charge in [0.1, 0.15) is 0 Å². The Bertz CT molecular complexity index is 1210. The molecule has 0 radical (unpaired) electrons. The van der Waals surface area contributed by atoms with Crippen LogP contribution < -0.4 is 19.5 Å². The average Bonchev–Trinajstić information content (AvgIpc) is 3.26. The van der Waals surface area contributed by atoms with Crippen LogP contribution in [-0.2, 0) is 9.84 Å². The zero-order valence-electron chi connectivity index (χ0n) is 18.2. The zero-order valence-corrected chi connectivity index (χ0v) is 19.0. The smallest absolute Gasteiger partial charge is 0.322 e. The topological polar surface area (TPSA) is 130 Å². The molecule has 170 valence electrons. The molecule has 0 spiro atoms. The molecule has 1 N–H and O–H groups in total. The Labute approximate surface area is 185 Å². The van der Waals surface area contributed by atoms with Gasteiger partial charge >= 0.3 is 6.01 Å². The van der Waals surface area contributed by atoms with Gasteiger partial charge in [0.25, 0.3) is 5.91 Å². The van der Waals surface area contributed by atoms with E-state index < -0.39 is 21.0 Å². The Morgan fingerprint density at radius 1 is 1.00 bits per heavy atom. The van der Waals surface area contributed by atoms with Crippen LogP contribution in [0.3, 0.4) is 0 Å². The molecule has 3 aromatic rings. The van der Waals surface area contributed by atoms with Gasteiger partial charge in [-0.05, 0) is 44.2 Å². The van der Waals surface area contributed by atoms with Crippen LogP contribution in [0.4, 0.5) is 6.01 Å². The second kappa shape index (κ2) is 9.27. The Hall–Kier alpha value is -3.60. The summed E-state index contributed by atoms with van der Waals surface area (Å²) in [6.07, 6.45) is 0. The first kappa shape index (κ1) is 23.1. The summed E-state index contributed by atoms with van der Waals surface area (Å²) in [5.74, 6) is 0.488. The summed E-state index contributed by atoms with van der Waals surface area (Å²) >= 11 is 0. The lowest BCUT2D eigenvalue weighted by molar-refractivity contribution is 0.102. The van der Waals surface area contributed by atoms with Crippen molar-refractivity contribution in [2.24, 2.45) is 0 Å². The number of rotatable bonds is 8. The monoisotopic (exact) mass is 461 g/mol. The molecule has 0 saturated heterocycles. The van der Waals surface area contributed by atoms with Gasteiger partial charge in [0.2, 0.25) is 11.6 Å². The summed E-state index contributed by atoms with van der Waals surface area (Å²) in [6, 6.07) is 8.98. The summed E-state index contributed by atoms with van der Waals surface area (Å²) < 4.78 is 46.1. The maximum Gasteiger partial charge on any atom is 0.322 e. The highest BCUT2D eigenvalue weighted by atomic mass is 32.2. The Kier molecular flexibility index (Phi) is 6.68. The molecule has 0 saturated carbocycles. The van der Waals surface area contributed by atoms with Gasteiger partial charge in [-0.3, -0.25) is 10.1 Å². The van der Waals surface area contributed by atoms with Crippen LogP contribution >= 0.6 is 0 Å². The van der Waals surface area contributed by atoms with Gasteiger partial charge in [-0.25, -0.2) is 8.42 Å². The van der Waals surface area contributed by atoms with Crippen LogP contribution in [0.1, 0.15) is 24.2 Å². The predicted octanol–water partition coefficient (Wildman–Crippen LogP) is 3.20. The van der Waals surface area contributed by atoms with Gasteiger partial charge < -0.3 is 18.6 Å². The van der Waals surface area contributed by atoms with Crippen molar-refractivity contribution in [1.82, 2.24) is 10.2 Å². The number of nitrogens with one attached hydrogen (secondary N) is 1. The minimum Gasteiger partial charge on any atom is -0.493 e. The third-order valence-corrected chi connectivity index (χ3v) is 6.75. The van der Waals surface area contributed by atoms with E-state index in [1.165, 1.54) is 45.6 Å². The molecule has 0 aliphatic carbocycles. The van der Waals surface area contributed by atoms with Gasteiger partial charge in [0, 0.05) is 11.1 Å². The molecule has 10 nitrogen and oxygen atoms in total. The lowest BCUT2D eigenvalue weighted by Gasteiger charge is -2.13. The molecule has 2 aromatic carbocycles. The van der Waals surface area contributed by atoms with Crippen molar-refractivity contribution < 1.29 is 31.8 Å².